The maximum atomic E-state index is 12.7. The highest BCUT2D eigenvalue weighted by Gasteiger charge is 2.23. The Kier molecular flexibility index (Phi) is 5.27. The Morgan fingerprint density at radius 3 is 2.75 bits per heavy atom. The molecule has 0 radical (unpaired) electrons. The van der Waals surface area contributed by atoms with Gasteiger partial charge in [-0.25, -0.2) is 4.98 Å². The van der Waals surface area contributed by atoms with Crippen molar-refractivity contribution in [2.24, 2.45) is 0 Å². The Balaban J connectivity index is 1.57. The fourth-order valence-electron chi connectivity index (χ4n) is 3.18. The lowest BCUT2D eigenvalue weighted by atomic mass is 10.2. The van der Waals surface area contributed by atoms with Gasteiger partial charge in [-0.05, 0) is 49.2 Å². The molecule has 1 aromatic carbocycles. The molecular weight excluding hydrogens is 380 g/mol. The van der Waals surface area contributed by atoms with Crippen molar-refractivity contribution in [1.29, 1.82) is 0 Å². The first-order chi connectivity index (χ1) is 13.6. The molecule has 0 spiro atoms. The third-order valence-electron chi connectivity index (χ3n) is 4.58. The van der Waals surface area contributed by atoms with Crippen LogP contribution in [0.15, 0.2) is 48.7 Å². The number of benzene rings is 1. The molecule has 1 fully saturated rings. The molecule has 1 unspecified atom stereocenters. The van der Waals surface area contributed by atoms with Crippen molar-refractivity contribution in [1.82, 2.24) is 14.7 Å². The molecule has 1 aliphatic heterocycles. The van der Waals surface area contributed by atoms with E-state index in [2.05, 4.69) is 15.6 Å². The molecule has 0 aliphatic carbocycles. The van der Waals surface area contributed by atoms with Crippen molar-refractivity contribution < 1.29 is 14.3 Å². The highest BCUT2D eigenvalue weighted by atomic mass is 35.5. The molecule has 1 saturated heterocycles. The van der Waals surface area contributed by atoms with Gasteiger partial charge in [-0.15, -0.1) is 0 Å². The molecular formula is C20H19ClN4O3. The lowest BCUT2D eigenvalue weighted by Crippen LogP contribution is -2.33. The van der Waals surface area contributed by atoms with Crippen molar-refractivity contribution in [2.45, 2.75) is 18.9 Å². The maximum absolute atomic E-state index is 12.7. The van der Waals surface area contributed by atoms with Crippen molar-refractivity contribution in [2.75, 3.05) is 18.5 Å². The van der Waals surface area contributed by atoms with Crippen LogP contribution >= 0.6 is 11.6 Å². The average Bonchev–Trinajstić information content (AvgIpc) is 3.36. The van der Waals surface area contributed by atoms with E-state index >= 15 is 0 Å². The Hall–Kier alpha value is -2.90. The van der Waals surface area contributed by atoms with Crippen LogP contribution in [0.4, 0.5) is 5.69 Å². The van der Waals surface area contributed by atoms with Crippen LogP contribution in [-0.2, 0) is 4.74 Å². The first-order valence-electron chi connectivity index (χ1n) is 9.05. The minimum absolute atomic E-state index is 0.0304. The summed E-state index contributed by atoms with van der Waals surface area (Å²) >= 11 is 5.88. The molecule has 2 N–H and O–H groups in total. The van der Waals surface area contributed by atoms with E-state index in [1.54, 1.807) is 53.1 Å². The molecule has 28 heavy (non-hydrogen) atoms. The molecule has 7 nitrogen and oxygen atoms in total. The van der Waals surface area contributed by atoms with E-state index in [0.29, 0.717) is 22.8 Å². The summed E-state index contributed by atoms with van der Waals surface area (Å²) in [7, 11) is 0. The fourth-order valence-corrected chi connectivity index (χ4v) is 3.31. The first-order valence-corrected chi connectivity index (χ1v) is 9.43. The summed E-state index contributed by atoms with van der Waals surface area (Å²) in [5, 5.41) is 6.21. The highest BCUT2D eigenvalue weighted by molar-refractivity contribution is 6.30. The number of aromatic nitrogens is 2. The normalized spacial score (nSPS) is 16.2. The van der Waals surface area contributed by atoms with Crippen LogP contribution in [0.1, 0.15) is 33.9 Å². The van der Waals surface area contributed by atoms with Gasteiger partial charge in [0.15, 0.2) is 5.69 Å². The lowest BCUT2D eigenvalue weighted by Gasteiger charge is -2.10. The molecule has 3 aromatic rings. The minimum atomic E-state index is -0.399. The quantitative estimate of drug-likeness (QED) is 0.691. The van der Waals surface area contributed by atoms with Crippen LogP contribution in [0.25, 0.3) is 5.52 Å². The second kappa shape index (κ2) is 8.00. The summed E-state index contributed by atoms with van der Waals surface area (Å²) < 4.78 is 7.14. The van der Waals surface area contributed by atoms with Crippen molar-refractivity contribution in [3.63, 3.8) is 0 Å². The number of fused-ring (bicyclic) bond motifs is 1. The molecule has 0 bridgehead atoms. The zero-order valence-electron chi connectivity index (χ0n) is 15.0. The monoisotopic (exact) mass is 398 g/mol. The molecule has 4 rings (SSSR count). The largest absolute Gasteiger partial charge is 0.376 e. The number of rotatable bonds is 5. The Bertz CT molecular complexity index is 1010. The van der Waals surface area contributed by atoms with Crippen molar-refractivity contribution >= 4 is 34.6 Å². The Labute approximate surface area is 166 Å². The zero-order valence-corrected chi connectivity index (χ0v) is 15.8. The van der Waals surface area contributed by atoms with Crippen LogP contribution in [0, 0.1) is 0 Å². The van der Waals surface area contributed by atoms with Gasteiger partial charge >= 0.3 is 0 Å². The van der Waals surface area contributed by atoms with Gasteiger partial charge in [-0.3, -0.25) is 14.0 Å². The number of ether oxygens (including phenoxy) is 1. The van der Waals surface area contributed by atoms with Crippen LogP contribution < -0.4 is 10.6 Å². The highest BCUT2D eigenvalue weighted by Crippen LogP contribution is 2.18. The molecule has 1 aliphatic rings. The predicted octanol–water partition coefficient (Wildman–Crippen LogP) is 3.15. The van der Waals surface area contributed by atoms with E-state index < -0.39 is 5.91 Å². The molecule has 144 valence electrons. The number of anilines is 1. The summed E-state index contributed by atoms with van der Waals surface area (Å²) in [6.45, 7) is 1.15. The summed E-state index contributed by atoms with van der Waals surface area (Å²) in [6, 6.07) is 12.1. The molecule has 2 amide bonds. The second-order valence-corrected chi connectivity index (χ2v) is 6.98. The lowest BCUT2D eigenvalue weighted by molar-refractivity contribution is 0.0848. The third-order valence-corrected chi connectivity index (χ3v) is 4.83. The Morgan fingerprint density at radius 1 is 1.18 bits per heavy atom. The van der Waals surface area contributed by atoms with Crippen LogP contribution in [0.3, 0.4) is 0 Å². The smallest absolute Gasteiger partial charge is 0.287 e. The third kappa shape index (κ3) is 3.85. The maximum Gasteiger partial charge on any atom is 0.287 e. The topological polar surface area (TPSA) is 84.7 Å². The number of carbonyl (C=O) groups excluding carboxylic acids is 2. The molecule has 0 saturated carbocycles. The van der Waals surface area contributed by atoms with Gasteiger partial charge in [0.25, 0.3) is 11.8 Å². The van der Waals surface area contributed by atoms with E-state index in [9.17, 15) is 9.59 Å². The standard InChI is InChI=1S/C20H19ClN4O3/c21-13-6-8-14(9-7-13)23-19(26)17-16-5-1-2-10-25(16)18(24-17)20(27)22-12-15-4-3-11-28-15/h1-2,5-10,15H,3-4,11-12H2,(H,22,27)(H,23,26). The van der Waals surface area contributed by atoms with Gasteiger partial charge < -0.3 is 15.4 Å². The van der Waals surface area contributed by atoms with Gasteiger partial charge in [-0.1, -0.05) is 17.7 Å². The number of halogens is 1. The van der Waals surface area contributed by atoms with E-state index in [-0.39, 0.29) is 23.5 Å². The van der Waals surface area contributed by atoms with E-state index in [1.807, 2.05) is 0 Å². The number of nitrogens with one attached hydrogen (secondary N) is 2. The number of carbonyl (C=O) groups is 2. The number of nitrogens with zero attached hydrogens (tertiary/aromatic N) is 2. The van der Waals surface area contributed by atoms with Crippen LogP contribution in [0.2, 0.25) is 5.02 Å². The summed E-state index contributed by atoms with van der Waals surface area (Å²) in [6.07, 6.45) is 3.67. The van der Waals surface area contributed by atoms with Gasteiger partial charge in [0.2, 0.25) is 5.82 Å². The summed E-state index contributed by atoms with van der Waals surface area (Å²) in [4.78, 5) is 29.7. The molecule has 1 atom stereocenters. The van der Waals surface area contributed by atoms with E-state index in [1.165, 1.54) is 0 Å². The molecule has 3 heterocycles. The van der Waals surface area contributed by atoms with E-state index in [4.69, 9.17) is 16.3 Å². The SMILES string of the molecule is O=C(Nc1ccc(Cl)cc1)c1nc(C(=O)NCC2CCCO2)n2ccccc12. The Morgan fingerprint density at radius 2 is 2.00 bits per heavy atom. The summed E-state index contributed by atoms with van der Waals surface area (Å²) in [5.41, 5.74) is 1.32. The zero-order chi connectivity index (χ0) is 19.5. The molecule has 8 heteroatoms. The van der Waals surface area contributed by atoms with Crippen LogP contribution in [-0.4, -0.2) is 40.5 Å². The van der Waals surface area contributed by atoms with Crippen molar-refractivity contribution in [3.8, 4) is 0 Å². The van der Waals surface area contributed by atoms with E-state index in [0.717, 1.165) is 19.4 Å². The first kappa shape index (κ1) is 18.5. The van der Waals surface area contributed by atoms with Crippen molar-refractivity contribution in [3.05, 3.63) is 65.2 Å². The number of hydrogen-bond acceptors (Lipinski definition) is 4. The fraction of sp³-hybridized carbons (Fsp3) is 0.250. The number of hydrogen-bond donors (Lipinski definition) is 2. The van der Waals surface area contributed by atoms with Crippen LogP contribution in [0.5, 0.6) is 0 Å². The number of imidazole rings is 1. The second-order valence-electron chi connectivity index (χ2n) is 6.55. The predicted molar refractivity (Wildman–Crippen MR) is 106 cm³/mol. The summed E-state index contributed by atoms with van der Waals surface area (Å²) in [5.74, 6) is -0.582. The van der Waals surface area contributed by atoms with Gasteiger partial charge in [0, 0.05) is 30.1 Å². The van der Waals surface area contributed by atoms with Gasteiger partial charge in [0.1, 0.15) is 0 Å². The average molecular weight is 399 g/mol. The number of pyridine rings is 1. The minimum Gasteiger partial charge on any atom is -0.376 e. The molecule has 2 aromatic heterocycles. The number of amides is 2. The van der Waals surface area contributed by atoms with Gasteiger partial charge in [-0.2, -0.15) is 0 Å². The van der Waals surface area contributed by atoms with Gasteiger partial charge in [0.05, 0.1) is 11.6 Å².